The van der Waals surface area contributed by atoms with Crippen molar-refractivity contribution in [2.75, 3.05) is 13.6 Å². The molecule has 0 aliphatic heterocycles. The van der Waals surface area contributed by atoms with E-state index in [1.165, 1.54) is 19.3 Å². The molecule has 1 rings (SSSR count). The minimum Gasteiger partial charge on any atom is -0.376 e. The molecule has 0 spiro atoms. The van der Waals surface area contributed by atoms with Crippen LogP contribution < -0.4 is 5.32 Å². The van der Waals surface area contributed by atoms with E-state index in [1.807, 2.05) is 0 Å². The number of nitrogens with zero attached hydrogens (tertiary/aromatic N) is 1. The predicted octanol–water partition coefficient (Wildman–Crippen LogP) is 1.42. The fourth-order valence-electron chi connectivity index (χ4n) is 1.34. The Labute approximate surface area is 62.7 Å². The Morgan fingerprint density at radius 2 is 2.30 bits per heavy atom. The molecule has 2 nitrogen and oxygen atoms in total. The zero-order valence-electron chi connectivity index (χ0n) is 6.85. The summed E-state index contributed by atoms with van der Waals surface area (Å²) in [6.45, 7) is 3.41. The summed E-state index contributed by atoms with van der Waals surface area (Å²) in [6, 6.07) is 0. The van der Waals surface area contributed by atoms with E-state index >= 15 is 0 Å². The molecular weight excluding hydrogens is 124 g/mol. The van der Waals surface area contributed by atoms with Gasteiger partial charge in [0.25, 0.3) is 0 Å². The van der Waals surface area contributed by atoms with Crippen LogP contribution in [0.5, 0.6) is 0 Å². The highest BCUT2D eigenvalue weighted by Crippen LogP contribution is 2.39. The third-order valence-electron chi connectivity index (χ3n) is 2.31. The van der Waals surface area contributed by atoms with Crippen molar-refractivity contribution in [1.82, 2.24) is 5.32 Å². The van der Waals surface area contributed by atoms with E-state index in [1.54, 1.807) is 13.4 Å². The summed E-state index contributed by atoms with van der Waals surface area (Å²) < 4.78 is 0. The molecule has 1 aliphatic rings. The Kier molecular flexibility index (Phi) is 2.30. The molecule has 0 atom stereocenters. The first kappa shape index (κ1) is 7.58. The highest BCUT2D eigenvalue weighted by Gasteiger charge is 2.30. The standard InChI is InChI=1S/C8H16N2/c1-8(4-3-5-8)6-10-7-9-2/h7H,3-6H2,1-2H3,(H,9,10). The van der Waals surface area contributed by atoms with E-state index in [4.69, 9.17) is 0 Å². The maximum absolute atomic E-state index is 3.86. The van der Waals surface area contributed by atoms with Gasteiger partial charge in [-0.05, 0) is 18.3 Å². The fourth-order valence-corrected chi connectivity index (χ4v) is 1.34. The van der Waals surface area contributed by atoms with E-state index in [-0.39, 0.29) is 0 Å². The van der Waals surface area contributed by atoms with Gasteiger partial charge in [-0.3, -0.25) is 4.99 Å². The molecule has 10 heavy (non-hydrogen) atoms. The Hall–Kier alpha value is -0.530. The van der Waals surface area contributed by atoms with E-state index in [0.29, 0.717) is 5.41 Å². The van der Waals surface area contributed by atoms with Crippen molar-refractivity contribution < 1.29 is 0 Å². The molecule has 0 bridgehead atoms. The summed E-state index contributed by atoms with van der Waals surface area (Å²) in [5, 5.41) is 3.19. The molecule has 2 heteroatoms. The van der Waals surface area contributed by atoms with Crippen LogP contribution in [0.3, 0.4) is 0 Å². The molecule has 0 radical (unpaired) electrons. The summed E-state index contributed by atoms with van der Waals surface area (Å²) in [5.74, 6) is 0. The largest absolute Gasteiger partial charge is 0.376 e. The molecule has 58 valence electrons. The van der Waals surface area contributed by atoms with Gasteiger partial charge in [-0.25, -0.2) is 0 Å². The van der Waals surface area contributed by atoms with E-state index in [2.05, 4.69) is 17.2 Å². The third kappa shape index (κ3) is 1.72. The monoisotopic (exact) mass is 140 g/mol. The summed E-state index contributed by atoms with van der Waals surface area (Å²) in [7, 11) is 1.79. The highest BCUT2D eigenvalue weighted by atomic mass is 14.9. The first-order valence-electron chi connectivity index (χ1n) is 3.91. The van der Waals surface area contributed by atoms with Crippen LogP contribution in [-0.4, -0.2) is 19.9 Å². The van der Waals surface area contributed by atoms with Crippen LogP contribution in [0.15, 0.2) is 4.99 Å². The van der Waals surface area contributed by atoms with Gasteiger partial charge in [-0.2, -0.15) is 0 Å². The molecule has 1 fully saturated rings. The van der Waals surface area contributed by atoms with E-state index < -0.39 is 0 Å². The number of nitrogens with one attached hydrogen (secondary N) is 1. The molecule has 0 aromatic carbocycles. The van der Waals surface area contributed by atoms with Gasteiger partial charge >= 0.3 is 0 Å². The van der Waals surface area contributed by atoms with Gasteiger partial charge in [0.1, 0.15) is 0 Å². The number of hydrogen-bond donors (Lipinski definition) is 1. The maximum Gasteiger partial charge on any atom is 0.0820 e. The summed E-state index contributed by atoms with van der Waals surface area (Å²) in [5.41, 5.74) is 0.571. The van der Waals surface area contributed by atoms with Gasteiger partial charge in [-0.15, -0.1) is 0 Å². The van der Waals surface area contributed by atoms with Gasteiger partial charge < -0.3 is 5.32 Å². The first-order valence-corrected chi connectivity index (χ1v) is 3.91. The van der Waals surface area contributed by atoms with Crippen molar-refractivity contribution in [1.29, 1.82) is 0 Å². The van der Waals surface area contributed by atoms with Crippen molar-refractivity contribution >= 4 is 6.34 Å². The molecule has 0 heterocycles. The van der Waals surface area contributed by atoms with Crippen molar-refractivity contribution in [3.05, 3.63) is 0 Å². The lowest BCUT2D eigenvalue weighted by Crippen LogP contribution is -2.36. The van der Waals surface area contributed by atoms with Gasteiger partial charge in [-0.1, -0.05) is 13.3 Å². The molecule has 0 aromatic heterocycles. The Morgan fingerprint density at radius 3 is 2.70 bits per heavy atom. The molecule has 0 aromatic rings. The highest BCUT2D eigenvalue weighted by molar-refractivity contribution is 5.53. The predicted molar refractivity (Wildman–Crippen MR) is 44.4 cm³/mol. The molecule has 1 saturated carbocycles. The normalized spacial score (nSPS) is 22.6. The lowest BCUT2D eigenvalue weighted by Gasteiger charge is -2.38. The van der Waals surface area contributed by atoms with Crippen molar-refractivity contribution in [2.45, 2.75) is 26.2 Å². The van der Waals surface area contributed by atoms with Gasteiger partial charge in [0.15, 0.2) is 0 Å². The van der Waals surface area contributed by atoms with Gasteiger partial charge in [0.05, 0.1) is 6.34 Å². The van der Waals surface area contributed by atoms with Gasteiger partial charge in [0, 0.05) is 13.6 Å². The zero-order valence-corrected chi connectivity index (χ0v) is 6.85. The SMILES string of the molecule is CN=CNCC1(C)CCC1. The van der Waals surface area contributed by atoms with Crippen molar-refractivity contribution in [3.8, 4) is 0 Å². The molecule has 0 amide bonds. The van der Waals surface area contributed by atoms with E-state index in [0.717, 1.165) is 6.54 Å². The maximum atomic E-state index is 3.86. The Morgan fingerprint density at radius 1 is 1.60 bits per heavy atom. The second-order valence-electron chi connectivity index (χ2n) is 3.43. The minimum absolute atomic E-state index is 0.571. The topological polar surface area (TPSA) is 24.4 Å². The summed E-state index contributed by atoms with van der Waals surface area (Å²) in [4.78, 5) is 3.86. The van der Waals surface area contributed by atoms with Crippen molar-refractivity contribution in [2.24, 2.45) is 10.4 Å². The first-order chi connectivity index (χ1) is 4.77. The Balaban J connectivity index is 2.12. The van der Waals surface area contributed by atoms with E-state index in [9.17, 15) is 0 Å². The average Bonchev–Trinajstić information content (AvgIpc) is 1.85. The lowest BCUT2D eigenvalue weighted by molar-refractivity contribution is 0.166. The molecule has 1 aliphatic carbocycles. The van der Waals surface area contributed by atoms with Crippen LogP contribution in [0.2, 0.25) is 0 Å². The average molecular weight is 140 g/mol. The second kappa shape index (κ2) is 3.04. The Bertz CT molecular complexity index is 125. The fraction of sp³-hybridized carbons (Fsp3) is 0.875. The molecule has 0 saturated heterocycles. The van der Waals surface area contributed by atoms with Crippen molar-refractivity contribution in [3.63, 3.8) is 0 Å². The summed E-state index contributed by atoms with van der Waals surface area (Å²) >= 11 is 0. The second-order valence-corrected chi connectivity index (χ2v) is 3.43. The minimum atomic E-state index is 0.571. The number of hydrogen-bond acceptors (Lipinski definition) is 1. The number of aliphatic imine (C=N–C) groups is 1. The quantitative estimate of drug-likeness (QED) is 0.465. The van der Waals surface area contributed by atoms with Gasteiger partial charge in [0.2, 0.25) is 0 Å². The zero-order chi connectivity index (χ0) is 7.45. The van der Waals surface area contributed by atoms with Crippen LogP contribution in [0.1, 0.15) is 26.2 Å². The van der Waals surface area contributed by atoms with Crippen LogP contribution in [0.4, 0.5) is 0 Å². The molecule has 1 N–H and O–H groups in total. The lowest BCUT2D eigenvalue weighted by atomic mass is 9.70. The van der Waals surface area contributed by atoms with Crippen LogP contribution >= 0.6 is 0 Å². The molecular formula is C8H16N2. The number of rotatable bonds is 3. The summed E-state index contributed by atoms with van der Waals surface area (Å²) in [6.07, 6.45) is 5.93. The van der Waals surface area contributed by atoms with Crippen LogP contribution in [-0.2, 0) is 0 Å². The van der Waals surface area contributed by atoms with Crippen LogP contribution in [0, 0.1) is 5.41 Å². The third-order valence-corrected chi connectivity index (χ3v) is 2.31. The van der Waals surface area contributed by atoms with Crippen LogP contribution in [0.25, 0.3) is 0 Å². The molecule has 0 unspecified atom stereocenters. The smallest absolute Gasteiger partial charge is 0.0820 e.